The van der Waals surface area contributed by atoms with Gasteiger partial charge in [-0.3, -0.25) is 4.90 Å². The summed E-state index contributed by atoms with van der Waals surface area (Å²) in [7, 11) is 1.31. The van der Waals surface area contributed by atoms with E-state index in [1.54, 1.807) is 19.0 Å². The minimum atomic E-state index is -2.28. The summed E-state index contributed by atoms with van der Waals surface area (Å²) in [5, 5.41) is 0. The highest BCUT2D eigenvalue weighted by Gasteiger charge is 2.05. The summed E-state index contributed by atoms with van der Waals surface area (Å²) >= 11 is 0. The Kier molecular flexibility index (Phi) is 8.81. The van der Waals surface area contributed by atoms with Gasteiger partial charge in [-0.2, -0.15) is 12.8 Å². The molecule has 68 valence electrons. The van der Waals surface area contributed by atoms with Gasteiger partial charge >= 0.3 is 10.5 Å². The molecule has 11 heavy (non-hydrogen) atoms. The summed E-state index contributed by atoms with van der Waals surface area (Å²) < 4.78 is 23.6. The van der Waals surface area contributed by atoms with E-state index in [-0.39, 0.29) is 30.1 Å². The first kappa shape index (κ1) is 13.9. The molecule has 1 atom stereocenters. The molecule has 0 heterocycles. The van der Waals surface area contributed by atoms with Gasteiger partial charge in [-0.1, -0.05) is 6.92 Å². The zero-order valence-electron chi connectivity index (χ0n) is 6.81. The third-order valence-electron chi connectivity index (χ3n) is 1.17. The van der Waals surface area contributed by atoms with Crippen molar-refractivity contribution in [2.75, 3.05) is 14.1 Å². The molecule has 0 rings (SSSR count). The van der Waals surface area contributed by atoms with E-state index in [2.05, 4.69) is 4.36 Å². The Morgan fingerprint density at radius 3 is 2.00 bits per heavy atom. The lowest BCUT2D eigenvalue weighted by Gasteiger charge is -2.15. The first-order valence-electron chi connectivity index (χ1n) is 3.04. The summed E-state index contributed by atoms with van der Waals surface area (Å²) in [6.07, 6.45) is 0.499. The third kappa shape index (κ3) is 6.70. The van der Waals surface area contributed by atoms with Crippen LogP contribution in [0.5, 0.6) is 0 Å². The van der Waals surface area contributed by atoms with Crippen molar-refractivity contribution in [3.63, 3.8) is 0 Å². The van der Waals surface area contributed by atoms with Crippen LogP contribution >= 0.6 is 24.0 Å². The maximum absolute atomic E-state index is 10.1. The number of rotatable bonds is 3. The monoisotopic (exact) mass is 292 g/mol. The highest BCUT2D eigenvalue weighted by Crippen LogP contribution is 1.98. The van der Waals surface area contributed by atoms with Crippen molar-refractivity contribution in [3.8, 4) is 0 Å². The molecular weight excluding hydrogens is 279 g/mol. The van der Waals surface area contributed by atoms with Crippen LogP contribution in [0, 0.1) is 0 Å². The number of halogens is 1. The largest absolute Gasteiger partial charge is 0.312 e. The molecule has 0 aliphatic carbocycles. The molecule has 0 bridgehead atoms. The number of nitrogens with zero attached hydrogens (tertiary/aromatic N) is 2. The average molecular weight is 292 g/mol. The average Bonchev–Trinajstić information content (AvgIpc) is 1.81. The van der Waals surface area contributed by atoms with Crippen LogP contribution < -0.4 is 0 Å². The van der Waals surface area contributed by atoms with Crippen LogP contribution in [0.1, 0.15) is 13.3 Å². The molecule has 0 aromatic carbocycles. The molecule has 0 radical (unpaired) electrons. The molecule has 0 aliphatic heterocycles. The summed E-state index contributed by atoms with van der Waals surface area (Å²) in [6, 6.07) is 0. The summed E-state index contributed by atoms with van der Waals surface area (Å²) in [4.78, 5) is 1.76. The predicted octanol–water partition coefficient (Wildman–Crippen LogP) is 0.965. The standard InChI is InChI=1S/C5H12N2O2S.HI/c1-4-5(7(2)3)6-10(8)9;/h5H,4H2,1-3H3;1H. The van der Waals surface area contributed by atoms with Gasteiger partial charge in [0.2, 0.25) is 0 Å². The Morgan fingerprint density at radius 2 is 1.91 bits per heavy atom. The first-order valence-corrected chi connectivity index (χ1v) is 4.07. The molecule has 4 nitrogen and oxygen atoms in total. The van der Waals surface area contributed by atoms with Crippen molar-refractivity contribution in [1.82, 2.24) is 4.90 Å². The van der Waals surface area contributed by atoms with Crippen molar-refractivity contribution in [2.24, 2.45) is 4.36 Å². The lowest BCUT2D eigenvalue weighted by atomic mass is 10.4. The summed E-state index contributed by atoms with van der Waals surface area (Å²) in [5.41, 5.74) is 0. The molecule has 0 aromatic heterocycles. The fourth-order valence-corrected chi connectivity index (χ4v) is 1.17. The van der Waals surface area contributed by atoms with E-state index in [4.69, 9.17) is 0 Å². The van der Waals surface area contributed by atoms with Crippen molar-refractivity contribution in [2.45, 2.75) is 19.5 Å². The highest BCUT2D eigenvalue weighted by atomic mass is 127. The van der Waals surface area contributed by atoms with Gasteiger partial charge in [0.05, 0.1) is 0 Å². The second-order valence-corrected chi connectivity index (χ2v) is 2.82. The van der Waals surface area contributed by atoms with Crippen LogP contribution in [0.3, 0.4) is 0 Å². The molecule has 0 spiro atoms. The molecule has 6 heteroatoms. The predicted molar refractivity (Wildman–Crippen MR) is 54.5 cm³/mol. The highest BCUT2D eigenvalue weighted by molar-refractivity contribution is 14.0. The Hall–Kier alpha value is 0.310. The second kappa shape index (κ2) is 6.99. The molecule has 1 unspecified atom stereocenters. The minimum absolute atomic E-state index is 0. The Morgan fingerprint density at radius 1 is 1.45 bits per heavy atom. The maximum Gasteiger partial charge on any atom is 0.312 e. The van der Waals surface area contributed by atoms with E-state index < -0.39 is 10.5 Å². The first-order chi connectivity index (χ1) is 4.57. The van der Waals surface area contributed by atoms with Crippen LogP contribution in [0.25, 0.3) is 0 Å². The van der Waals surface area contributed by atoms with E-state index in [9.17, 15) is 8.42 Å². The van der Waals surface area contributed by atoms with E-state index in [1.807, 2.05) is 6.92 Å². The van der Waals surface area contributed by atoms with Crippen LogP contribution in [0.2, 0.25) is 0 Å². The normalized spacial score (nSPS) is 12.0. The van der Waals surface area contributed by atoms with Crippen molar-refractivity contribution in [3.05, 3.63) is 0 Å². The van der Waals surface area contributed by atoms with Crippen molar-refractivity contribution < 1.29 is 8.42 Å². The van der Waals surface area contributed by atoms with Gasteiger partial charge in [-0.15, -0.1) is 24.0 Å². The molecule has 0 N–H and O–H groups in total. The van der Waals surface area contributed by atoms with E-state index in [0.717, 1.165) is 0 Å². The van der Waals surface area contributed by atoms with Gasteiger partial charge in [0.25, 0.3) is 0 Å². The molecule has 0 saturated carbocycles. The molecular formula is C5H13IN2O2S. The topological polar surface area (TPSA) is 49.7 Å². The van der Waals surface area contributed by atoms with E-state index in [0.29, 0.717) is 6.42 Å². The van der Waals surface area contributed by atoms with Crippen LogP contribution in [0.4, 0.5) is 0 Å². The van der Waals surface area contributed by atoms with Gasteiger partial charge < -0.3 is 0 Å². The fourth-order valence-electron chi connectivity index (χ4n) is 0.633. The third-order valence-corrected chi connectivity index (χ3v) is 1.58. The molecule has 0 aromatic rings. The van der Waals surface area contributed by atoms with E-state index >= 15 is 0 Å². The minimum Gasteiger partial charge on any atom is -0.287 e. The number of hydrogen-bond acceptors (Lipinski definition) is 4. The van der Waals surface area contributed by atoms with Gasteiger partial charge in [-0.25, -0.2) is 0 Å². The zero-order chi connectivity index (χ0) is 8.15. The quantitative estimate of drug-likeness (QED) is 0.728. The van der Waals surface area contributed by atoms with Crippen LogP contribution in [-0.4, -0.2) is 33.6 Å². The fraction of sp³-hybridized carbons (Fsp3) is 1.00. The van der Waals surface area contributed by atoms with Crippen LogP contribution in [-0.2, 0) is 10.5 Å². The van der Waals surface area contributed by atoms with E-state index in [1.165, 1.54) is 0 Å². The maximum atomic E-state index is 10.1. The Bertz CT molecular complexity index is 205. The molecule has 0 amide bonds. The molecule has 0 saturated heterocycles. The smallest absolute Gasteiger partial charge is 0.287 e. The zero-order valence-corrected chi connectivity index (χ0v) is 9.96. The summed E-state index contributed by atoms with van der Waals surface area (Å²) in [5.74, 6) is 0. The lowest BCUT2D eigenvalue weighted by Crippen LogP contribution is -2.24. The number of hydrogen-bond donors (Lipinski definition) is 0. The summed E-state index contributed by atoms with van der Waals surface area (Å²) in [6.45, 7) is 1.89. The Labute approximate surface area is 85.7 Å². The van der Waals surface area contributed by atoms with Gasteiger partial charge in [0.1, 0.15) is 6.17 Å². The molecule has 0 fully saturated rings. The lowest BCUT2D eigenvalue weighted by molar-refractivity contribution is 0.297. The van der Waals surface area contributed by atoms with Gasteiger partial charge in [0.15, 0.2) is 0 Å². The van der Waals surface area contributed by atoms with Crippen molar-refractivity contribution >= 4 is 34.5 Å². The van der Waals surface area contributed by atoms with Crippen LogP contribution in [0.15, 0.2) is 4.36 Å². The Balaban J connectivity index is 0. The second-order valence-electron chi connectivity index (χ2n) is 2.17. The van der Waals surface area contributed by atoms with Gasteiger partial charge in [-0.05, 0) is 20.5 Å². The van der Waals surface area contributed by atoms with Crippen molar-refractivity contribution in [1.29, 1.82) is 0 Å². The molecule has 0 aliphatic rings. The van der Waals surface area contributed by atoms with Gasteiger partial charge in [0, 0.05) is 0 Å². The SMILES string of the molecule is CCC(N=S(=O)=O)N(C)C.I.